The van der Waals surface area contributed by atoms with Crippen LogP contribution in [0.15, 0.2) is 84.9 Å². The number of carbonyl (C=O) groups excluding carboxylic acids is 1. The lowest BCUT2D eigenvalue weighted by molar-refractivity contribution is 0.0106. The second-order valence-corrected chi connectivity index (χ2v) is 9.55. The molecule has 0 saturated carbocycles. The number of ether oxygens (including phenoxy) is 4. The van der Waals surface area contributed by atoms with E-state index in [-0.39, 0.29) is 12.7 Å². The number of esters is 1. The highest BCUT2D eigenvalue weighted by Gasteiger charge is 2.27. The Kier molecular flexibility index (Phi) is 8.22. The molecule has 196 valence electrons. The first-order valence-corrected chi connectivity index (χ1v) is 12.9. The molecular formula is C32H33NO5. The molecule has 6 heteroatoms. The minimum Gasteiger partial charge on any atom is -0.497 e. The maximum absolute atomic E-state index is 12.6. The van der Waals surface area contributed by atoms with Gasteiger partial charge in [-0.1, -0.05) is 60.7 Å². The van der Waals surface area contributed by atoms with Crippen LogP contribution in [-0.4, -0.2) is 39.4 Å². The molecule has 4 aromatic rings. The van der Waals surface area contributed by atoms with Crippen LogP contribution in [0, 0.1) is 0 Å². The van der Waals surface area contributed by atoms with Gasteiger partial charge in [-0.2, -0.15) is 0 Å². The highest BCUT2D eigenvalue weighted by Crippen LogP contribution is 2.29. The molecule has 0 radical (unpaired) electrons. The third-order valence-electron chi connectivity index (χ3n) is 7.07. The number of benzene rings is 4. The van der Waals surface area contributed by atoms with Gasteiger partial charge >= 0.3 is 5.97 Å². The summed E-state index contributed by atoms with van der Waals surface area (Å²) in [5, 5.41) is 5.94. The van der Waals surface area contributed by atoms with Gasteiger partial charge in [0.25, 0.3) is 0 Å². The van der Waals surface area contributed by atoms with Crippen molar-refractivity contribution in [3.8, 4) is 11.5 Å². The summed E-state index contributed by atoms with van der Waals surface area (Å²) in [6.07, 6.45) is 1.09. The molecule has 2 unspecified atom stereocenters. The summed E-state index contributed by atoms with van der Waals surface area (Å²) >= 11 is 0. The minimum absolute atomic E-state index is 0.0851. The topological polar surface area (TPSA) is 66.0 Å². The van der Waals surface area contributed by atoms with Crippen molar-refractivity contribution in [2.75, 3.05) is 27.3 Å². The zero-order chi connectivity index (χ0) is 26.3. The van der Waals surface area contributed by atoms with E-state index in [2.05, 4.69) is 59.9 Å². The normalized spacial score (nSPS) is 17.2. The van der Waals surface area contributed by atoms with Gasteiger partial charge in [0.1, 0.15) is 18.1 Å². The van der Waals surface area contributed by atoms with E-state index in [0.29, 0.717) is 29.6 Å². The molecule has 1 heterocycles. The van der Waals surface area contributed by atoms with Crippen LogP contribution < -0.4 is 14.8 Å². The Morgan fingerprint density at radius 2 is 1.53 bits per heavy atom. The van der Waals surface area contributed by atoms with Crippen LogP contribution in [0.1, 0.15) is 39.4 Å². The highest BCUT2D eigenvalue weighted by atomic mass is 16.5. The SMILES string of the molecule is COc1cc(OC)cc(C(=O)OCc2ccc(C3CCNCC3OCc3ccc4ccccc4c3)cc2)c1. The average molecular weight is 512 g/mol. The van der Waals surface area contributed by atoms with E-state index in [1.807, 2.05) is 12.1 Å². The number of nitrogens with one attached hydrogen (secondary N) is 1. The Morgan fingerprint density at radius 1 is 0.816 bits per heavy atom. The van der Waals surface area contributed by atoms with Gasteiger partial charge in [-0.25, -0.2) is 4.79 Å². The van der Waals surface area contributed by atoms with Gasteiger partial charge < -0.3 is 24.3 Å². The van der Waals surface area contributed by atoms with Gasteiger partial charge in [0, 0.05) is 18.5 Å². The first-order chi connectivity index (χ1) is 18.6. The molecule has 0 aromatic heterocycles. The van der Waals surface area contributed by atoms with Gasteiger partial charge in [-0.15, -0.1) is 0 Å². The van der Waals surface area contributed by atoms with Crippen molar-refractivity contribution in [1.82, 2.24) is 5.32 Å². The summed E-state index contributed by atoms with van der Waals surface area (Å²) in [4.78, 5) is 12.6. The second-order valence-electron chi connectivity index (χ2n) is 9.55. The Labute approximate surface area is 223 Å². The maximum atomic E-state index is 12.6. The fourth-order valence-corrected chi connectivity index (χ4v) is 4.94. The van der Waals surface area contributed by atoms with Crippen LogP contribution in [0.2, 0.25) is 0 Å². The molecular weight excluding hydrogens is 478 g/mol. The molecule has 0 bridgehead atoms. The third-order valence-corrected chi connectivity index (χ3v) is 7.07. The Bertz CT molecular complexity index is 1360. The van der Waals surface area contributed by atoms with E-state index in [9.17, 15) is 4.79 Å². The lowest BCUT2D eigenvalue weighted by Crippen LogP contribution is -2.40. The quantitative estimate of drug-likeness (QED) is 0.283. The molecule has 6 nitrogen and oxygen atoms in total. The number of carbonyl (C=O) groups is 1. The minimum atomic E-state index is -0.424. The predicted molar refractivity (Wildman–Crippen MR) is 148 cm³/mol. The Morgan fingerprint density at radius 3 is 2.26 bits per heavy atom. The first kappa shape index (κ1) is 25.8. The zero-order valence-corrected chi connectivity index (χ0v) is 21.8. The van der Waals surface area contributed by atoms with Gasteiger partial charge in [-0.3, -0.25) is 0 Å². The molecule has 1 fully saturated rings. The third kappa shape index (κ3) is 6.15. The van der Waals surface area contributed by atoms with Crippen LogP contribution in [0.4, 0.5) is 0 Å². The van der Waals surface area contributed by atoms with Gasteiger partial charge in [0.15, 0.2) is 0 Å². The van der Waals surface area contributed by atoms with E-state index >= 15 is 0 Å². The molecule has 1 aliphatic heterocycles. The van der Waals surface area contributed by atoms with Crippen molar-refractivity contribution in [2.45, 2.75) is 31.7 Å². The number of hydrogen-bond acceptors (Lipinski definition) is 6. The molecule has 1 saturated heterocycles. The van der Waals surface area contributed by atoms with Crippen molar-refractivity contribution < 1.29 is 23.7 Å². The Hall–Kier alpha value is -3.87. The first-order valence-electron chi connectivity index (χ1n) is 12.9. The largest absolute Gasteiger partial charge is 0.497 e. The van der Waals surface area contributed by atoms with Crippen molar-refractivity contribution in [3.63, 3.8) is 0 Å². The number of fused-ring (bicyclic) bond motifs is 1. The van der Waals surface area contributed by atoms with Crippen LogP contribution in [-0.2, 0) is 22.7 Å². The molecule has 5 rings (SSSR count). The van der Waals surface area contributed by atoms with E-state index in [1.165, 1.54) is 21.9 Å². The lowest BCUT2D eigenvalue weighted by Gasteiger charge is -2.32. The molecule has 0 amide bonds. The number of hydrogen-bond donors (Lipinski definition) is 1. The van der Waals surface area contributed by atoms with Crippen molar-refractivity contribution in [1.29, 1.82) is 0 Å². The molecule has 4 aromatic carbocycles. The van der Waals surface area contributed by atoms with Crippen molar-refractivity contribution in [2.24, 2.45) is 0 Å². The van der Waals surface area contributed by atoms with Crippen LogP contribution >= 0.6 is 0 Å². The molecule has 2 atom stereocenters. The monoisotopic (exact) mass is 511 g/mol. The van der Waals surface area contributed by atoms with E-state index in [4.69, 9.17) is 18.9 Å². The van der Waals surface area contributed by atoms with Gasteiger partial charge in [0.05, 0.1) is 32.5 Å². The standard InChI is InChI=1S/C32H33NO5/c1-35-28-16-27(17-29(18-28)36-2)32(34)38-20-22-7-11-25(12-8-22)30-13-14-33-19-31(30)37-21-23-9-10-24-5-3-4-6-26(24)15-23/h3-12,15-18,30-31,33H,13-14,19-21H2,1-2H3. The highest BCUT2D eigenvalue weighted by molar-refractivity contribution is 5.90. The maximum Gasteiger partial charge on any atom is 0.338 e. The average Bonchev–Trinajstić information content (AvgIpc) is 2.98. The fourth-order valence-electron chi connectivity index (χ4n) is 4.94. The molecule has 1 N–H and O–H groups in total. The predicted octanol–water partition coefficient (Wildman–Crippen LogP) is 5.88. The fraction of sp³-hybridized carbons (Fsp3) is 0.281. The smallest absolute Gasteiger partial charge is 0.338 e. The summed E-state index contributed by atoms with van der Waals surface area (Å²) < 4.78 is 22.5. The van der Waals surface area contributed by atoms with E-state index in [0.717, 1.165) is 25.1 Å². The van der Waals surface area contributed by atoms with E-state index in [1.54, 1.807) is 32.4 Å². The van der Waals surface area contributed by atoms with Crippen molar-refractivity contribution in [3.05, 3.63) is 107 Å². The lowest BCUT2D eigenvalue weighted by atomic mass is 9.87. The number of piperidine rings is 1. The molecule has 1 aliphatic rings. The Balaban J connectivity index is 1.20. The number of methoxy groups -OCH3 is 2. The van der Waals surface area contributed by atoms with E-state index < -0.39 is 5.97 Å². The van der Waals surface area contributed by atoms with Crippen LogP contribution in [0.3, 0.4) is 0 Å². The zero-order valence-electron chi connectivity index (χ0n) is 21.8. The summed E-state index contributed by atoms with van der Waals surface area (Å²) in [5.74, 6) is 0.962. The molecule has 0 aliphatic carbocycles. The van der Waals surface area contributed by atoms with Crippen LogP contribution in [0.25, 0.3) is 10.8 Å². The van der Waals surface area contributed by atoms with Crippen LogP contribution in [0.5, 0.6) is 11.5 Å². The van der Waals surface area contributed by atoms with Gasteiger partial charge in [0.2, 0.25) is 0 Å². The van der Waals surface area contributed by atoms with Gasteiger partial charge in [-0.05, 0) is 58.6 Å². The summed E-state index contributed by atoms with van der Waals surface area (Å²) in [6.45, 7) is 2.55. The summed E-state index contributed by atoms with van der Waals surface area (Å²) in [7, 11) is 3.10. The second kappa shape index (κ2) is 12.1. The van der Waals surface area contributed by atoms with Crippen molar-refractivity contribution >= 4 is 16.7 Å². The molecule has 0 spiro atoms. The number of rotatable bonds is 9. The summed E-state index contributed by atoms with van der Waals surface area (Å²) in [5.41, 5.74) is 3.74. The molecule has 38 heavy (non-hydrogen) atoms. The summed E-state index contributed by atoms with van der Waals surface area (Å²) in [6, 6.07) is 28.2.